The van der Waals surface area contributed by atoms with Crippen molar-refractivity contribution in [3.05, 3.63) is 38.3 Å². The molecule has 3 heteroatoms. The number of hydrogen-bond acceptors (Lipinski definition) is 0. The predicted octanol–water partition coefficient (Wildman–Crippen LogP) is 3.59. The van der Waals surface area contributed by atoms with Crippen LogP contribution in [-0.4, -0.2) is 13.8 Å². The van der Waals surface area contributed by atoms with Crippen LogP contribution in [0.2, 0.25) is 18.1 Å². The second-order valence-corrected chi connectivity index (χ2v) is 12.4. The molecule has 0 aromatic carbocycles. The van der Waals surface area contributed by atoms with Crippen LogP contribution in [0.15, 0.2) is 38.3 Å². The van der Waals surface area contributed by atoms with Gasteiger partial charge in [-0.25, -0.2) is 0 Å². The van der Waals surface area contributed by atoms with Crippen LogP contribution in [0.5, 0.6) is 0 Å². The van der Waals surface area contributed by atoms with Gasteiger partial charge in [-0.2, -0.15) is 0 Å². The van der Waals surface area contributed by atoms with E-state index < -0.39 is 32.0 Å². The first-order valence-corrected chi connectivity index (χ1v) is 12.0. The van der Waals surface area contributed by atoms with E-state index in [-0.39, 0.29) is 0 Å². The van der Waals surface area contributed by atoms with Crippen molar-refractivity contribution >= 4 is 12.2 Å². The molecule has 1 aromatic heterocycles. The van der Waals surface area contributed by atoms with Crippen molar-refractivity contribution in [2.24, 2.45) is 0 Å². The second kappa shape index (κ2) is 5.09. The topological polar surface area (TPSA) is 15.8 Å². The summed E-state index contributed by atoms with van der Waals surface area (Å²) < 4.78 is 3.33. The molecule has 0 saturated heterocycles. The molecule has 0 saturated carbocycles. The Labute approximate surface area is 124 Å². The van der Waals surface area contributed by atoms with Gasteiger partial charge in [0.1, 0.15) is 0 Å². The van der Waals surface area contributed by atoms with Crippen molar-refractivity contribution in [1.82, 2.24) is 4.98 Å². The van der Waals surface area contributed by atoms with Gasteiger partial charge in [0.05, 0.1) is 0 Å². The third kappa shape index (κ3) is 2.10. The van der Waals surface area contributed by atoms with E-state index in [1.807, 2.05) is 3.28 Å². The van der Waals surface area contributed by atoms with E-state index in [2.05, 4.69) is 64.1 Å². The van der Waals surface area contributed by atoms with Gasteiger partial charge < -0.3 is 0 Å². The fourth-order valence-electron chi connectivity index (χ4n) is 2.92. The number of nitrogens with one attached hydrogen (secondary N) is 1. The van der Waals surface area contributed by atoms with Crippen LogP contribution in [0.4, 0.5) is 0 Å². The average Bonchev–Trinajstić information content (AvgIpc) is 2.89. The van der Waals surface area contributed by atoms with Crippen molar-refractivity contribution in [3.8, 4) is 0 Å². The maximum absolute atomic E-state index is 3.43. The Morgan fingerprint density at radius 3 is 2.33 bits per heavy atom. The fraction of sp³-hybridized carbons (Fsp3) is 0.467. The first-order chi connectivity index (χ1) is 8.39. The van der Waals surface area contributed by atoms with Crippen LogP contribution in [0.3, 0.4) is 0 Å². The Morgan fingerprint density at radius 1 is 1.17 bits per heavy atom. The number of hydrogen-bond donors (Lipinski definition) is 1. The normalized spacial score (nSPS) is 24.4. The number of allylic oxidation sites excluding steroid dienone is 4. The zero-order valence-electron chi connectivity index (χ0n) is 12.3. The monoisotopic (exact) mass is 335 g/mol. The summed E-state index contributed by atoms with van der Waals surface area (Å²) in [7, 11) is -0.740. The molecule has 1 unspecified atom stereocenters. The van der Waals surface area contributed by atoms with Gasteiger partial charge in [0.15, 0.2) is 0 Å². The van der Waals surface area contributed by atoms with Crippen LogP contribution in [-0.2, 0) is 23.2 Å². The first kappa shape index (κ1) is 14.3. The van der Waals surface area contributed by atoms with E-state index in [0.29, 0.717) is 5.04 Å². The second-order valence-electron chi connectivity index (χ2n) is 5.82. The standard InChI is InChI=1S/C11H19Si.C4H4N.Zr/c1-8-7-11(4,12(5)6)10(3)9(8)2;1-2-4-5-3-1;/h12H,1-6H3;1-3,5H;. The molecule has 1 heterocycles. The fourth-order valence-corrected chi connectivity index (χ4v) is 10.9. The summed E-state index contributed by atoms with van der Waals surface area (Å²) in [5, 5.41) is 0.436. The molecular weight excluding hydrogens is 313 g/mol. The Morgan fingerprint density at radius 2 is 1.83 bits per heavy atom. The van der Waals surface area contributed by atoms with E-state index in [1.54, 1.807) is 16.7 Å². The summed E-state index contributed by atoms with van der Waals surface area (Å²) in [4.78, 5) is 3.43. The van der Waals surface area contributed by atoms with Crippen molar-refractivity contribution in [1.29, 1.82) is 0 Å². The number of H-pyrrole nitrogens is 1. The molecule has 1 nitrogen and oxygen atoms in total. The molecule has 0 fully saturated rings. The van der Waals surface area contributed by atoms with E-state index in [0.717, 1.165) is 0 Å². The Bertz CT molecular complexity index is 511. The van der Waals surface area contributed by atoms with Gasteiger partial charge in [0.2, 0.25) is 0 Å². The van der Waals surface area contributed by atoms with Gasteiger partial charge >= 0.3 is 125 Å². The van der Waals surface area contributed by atoms with Crippen LogP contribution in [0.25, 0.3) is 0 Å². The van der Waals surface area contributed by atoms with Crippen LogP contribution in [0.1, 0.15) is 27.7 Å². The van der Waals surface area contributed by atoms with Crippen molar-refractivity contribution < 1.29 is 23.2 Å². The molecule has 1 aromatic rings. The van der Waals surface area contributed by atoms with Crippen LogP contribution in [0, 0.1) is 0 Å². The van der Waals surface area contributed by atoms with Gasteiger partial charge in [0, 0.05) is 0 Å². The van der Waals surface area contributed by atoms with E-state index in [4.69, 9.17) is 0 Å². The molecule has 1 aliphatic rings. The van der Waals surface area contributed by atoms with Gasteiger partial charge in [-0.15, -0.1) is 0 Å². The van der Waals surface area contributed by atoms with E-state index in [1.165, 1.54) is 3.40 Å². The minimum absolute atomic E-state index is 0.436. The molecule has 0 aliphatic heterocycles. The van der Waals surface area contributed by atoms with Crippen molar-refractivity contribution in [2.45, 2.75) is 45.8 Å². The Kier molecular flexibility index (Phi) is 4.04. The summed E-state index contributed by atoms with van der Waals surface area (Å²) in [6, 6.07) is 4.41. The summed E-state index contributed by atoms with van der Waals surface area (Å²) >= 11 is -0.650. The molecule has 96 valence electrons. The molecule has 0 spiro atoms. The molecule has 0 bridgehead atoms. The molecule has 1 atom stereocenters. The van der Waals surface area contributed by atoms with Crippen LogP contribution >= 0.6 is 0 Å². The van der Waals surface area contributed by atoms with Crippen molar-refractivity contribution in [3.63, 3.8) is 0 Å². The molecule has 0 radical (unpaired) electrons. The van der Waals surface area contributed by atoms with E-state index >= 15 is 0 Å². The van der Waals surface area contributed by atoms with E-state index in [9.17, 15) is 0 Å². The Balaban J connectivity index is 2.45. The molecule has 1 aliphatic carbocycles. The Hall–Kier alpha value is -0.140. The number of rotatable bonds is 3. The molecule has 18 heavy (non-hydrogen) atoms. The summed E-state index contributed by atoms with van der Waals surface area (Å²) in [6.45, 7) is 14.6. The quantitative estimate of drug-likeness (QED) is 0.812. The number of aromatic nitrogens is 1. The molecular formula is C15H23NSiZr. The summed E-state index contributed by atoms with van der Waals surface area (Å²) in [5.74, 6) is 0. The predicted molar refractivity (Wildman–Crippen MR) is 78.7 cm³/mol. The maximum atomic E-state index is 3.43. The minimum atomic E-state index is -0.740. The molecule has 1 N–H and O–H groups in total. The van der Waals surface area contributed by atoms with Gasteiger partial charge in [-0.05, 0) is 0 Å². The van der Waals surface area contributed by atoms with Gasteiger partial charge in [-0.3, -0.25) is 0 Å². The first-order valence-electron chi connectivity index (χ1n) is 6.69. The molecule has 0 amide bonds. The zero-order chi connectivity index (χ0) is 13.5. The molecule has 2 rings (SSSR count). The van der Waals surface area contributed by atoms with Gasteiger partial charge in [0.25, 0.3) is 0 Å². The average molecular weight is 337 g/mol. The summed E-state index contributed by atoms with van der Waals surface area (Å²) in [6.07, 6.45) is 2.07. The van der Waals surface area contributed by atoms with Gasteiger partial charge in [-0.1, -0.05) is 0 Å². The number of aromatic amines is 1. The third-order valence-electron chi connectivity index (χ3n) is 4.81. The SMILES string of the molecule is CC1=C(C)C(C)([SiH](C)C)[C]([Zr][c]2ccc[nH]2)=C1C. The summed E-state index contributed by atoms with van der Waals surface area (Å²) in [5.41, 5.74) is 4.84. The third-order valence-corrected chi connectivity index (χ3v) is 12.8. The zero-order valence-corrected chi connectivity index (χ0v) is 15.9. The van der Waals surface area contributed by atoms with Crippen LogP contribution < -0.4 is 3.40 Å². The van der Waals surface area contributed by atoms with Crippen molar-refractivity contribution in [2.75, 3.05) is 0 Å².